The van der Waals surface area contributed by atoms with Crippen molar-refractivity contribution in [3.8, 4) is 0 Å². The zero-order chi connectivity index (χ0) is 24.5. The molecule has 0 radical (unpaired) electrons. The van der Waals surface area contributed by atoms with E-state index in [1.165, 1.54) is 37.6 Å². The lowest BCUT2D eigenvalue weighted by molar-refractivity contribution is -0.384. The van der Waals surface area contributed by atoms with Crippen LogP contribution >= 0.6 is 0 Å². The fraction of sp³-hybridized carbons (Fsp3) is 0.259. The number of hydrogen-bond donors (Lipinski definition) is 3. The Bertz CT molecular complexity index is 1190. The van der Waals surface area contributed by atoms with Crippen LogP contribution in [-0.2, 0) is 6.54 Å². The summed E-state index contributed by atoms with van der Waals surface area (Å²) >= 11 is 0. The van der Waals surface area contributed by atoms with Crippen LogP contribution in [0.1, 0.15) is 53.6 Å². The van der Waals surface area contributed by atoms with Crippen molar-refractivity contribution in [1.29, 1.82) is 0 Å². The molecule has 0 atom stereocenters. The number of nitro groups is 1. The van der Waals surface area contributed by atoms with E-state index in [1.54, 1.807) is 18.2 Å². The minimum Gasteiger partial charge on any atom is -0.381 e. The molecule has 1 saturated carbocycles. The zero-order valence-electron chi connectivity index (χ0n) is 19.4. The van der Waals surface area contributed by atoms with Gasteiger partial charge in [0.1, 0.15) is 0 Å². The molecule has 0 aromatic heterocycles. The Balaban J connectivity index is 1.47. The quantitative estimate of drug-likeness (QED) is 0.210. The molecule has 3 N–H and O–H groups in total. The average Bonchev–Trinajstić information content (AvgIpc) is 2.89. The second-order valence-corrected chi connectivity index (χ2v) is 8.63. The van der Waals surface area contributed by atoms with E-state index in [1.807, 2.05) is 30.3 Å². The van der Waals surface area contributed by atoms with Crippen LogP contribution in [-0.4, -0.2) is 23.1 Å². The summed E-state index contributed by atoms with van der Waals surface area (Å²) in [4.78, 5) is 23.2. The molecule has 0 spiro atoms. The maximum Gasteiger partial charge on any atom is 0.271 e. The van der Waals surface area contributed by atoms with Gasteiger partial charge in [-0.2, -0.15) is 5.10 Å². The third-order valence-corrected chi connectivity index (χ3v) is 6.03. The van der Waals surface area contributed by atoms with Crippen LogP contribution in [0.2, 0.25) is 0 Å². The maximum atomic E-state index is 12.8. The van der Waals surface area contributed by atoms with E-state index in [9.17, 15) is 14.9 Å². The Morgan fingerprint density at radius 1 is 0.971 bits per heavy atom. The summed E-state index contributed by atoms with van der Waals surface area (Å²) in [6.07, 6.45) is 7.42. The van der Waals surface area contributed by atoms with Crippen LogP contribution in [0.5, 0.6) is 0 Å². The van der Waals surface area contributed by atoms with Crippen molar-refractivity contribution in [2.45, 2.75) is 44.7 Å². The fourth-order valence-electron chi connectivity index (χ4n) is 4.17. The second kappa shape index (κ2) is 11.8. The minimum absolute atomic E-state index is 0.0320. The second-order valence-electron chi connectivity index (χ2n) is 8.63. The first-order chi connectivity index (χ1) is 17.1. The summed E-state index contributed by atoms with van der Waals surface area (Å²) in [7, 11) is 0. The number of carbonyl (C=O) groups excluding carboxylic acids is 1. The first kappa shape index (κ1) is 23.9. The molecule has 0 aliphatic heterocycles. The van der Waals surface area contributed by atoms with Gasteiger partial charge in [-0.05, 0) is 36.6 Å². The summed E-state index contributed by atoms with van der Waals surface area (Å²) in [6, 6.07) is 22.1. The van der Waals surface area contributed by atoms with Crippen molar-refractivity contribution in [2.24, 2.45) is 5.10 Å². The van der Waals surface area contributed by atoms with Crippen molar-refractivity contribution in [3.63, 3.8) is 0 Å². The molecule has 180 valence electrons. The first-order valence-electron chi connectivity index (χ1n) is 11.8. The van der Waals surface area contributed by atoms with E-state index in [0.717, 1.165) is 29.8 Å². The van der Waals surface area contributed by atoms with Crippen LogP contribution in [0, 0.1) is 10.1 Å². The number of rotatable bonds is 9. The third kappa shape index (κ3) is 6.89. The molecule has 0 unspecified atom stereocenters. The molecule has 8 heteroatoms. The number of non-ortho nitro benzene ring substituents is 1. The Morgan fingerprint density at radius 2 is 1.77 bits per heavy atom. The van der Waals surface area contributed by atoms with Gasteiger partial charge in [0.2, 0.25) is 0 Å². The number of nitro benzene ring substituents is 1. The molecule has 3 aromatic carbocycles. The number of hydrazone groups is 1. The standard InChI is InChI=1S/C27H29N5O3/c33-27(31-29-19-21-10-7-13-24(16-21)32(34)35)22-14-15-25(30-23-11-5-2-6-12-23)26(17-22)28-18-20-8-3-1-4-9-20/h1,3-4,7-10,13-17,19,23,28,30H,2,5-6,11-12,18H2,(H,31,33)/b29-19+. The van der Waals surface area contributed by atoms with Crippen LogP contribution in [0.3, 0.4) is 0 Å². The van der Waals surface area contributed by atoms with Gasteiger partial charge in [-0.3, -0.25) is 14.9 Å². The van der Waals surface area contributed by atoms with Gasteiger partial charge in [-0.15, -0.1) is 0 Å². The van der Waals surface area contributed by atoms with Crippen LogP contribution in [0.4, 0.5) is 17.1 Å². The van der Waals surface area contributed by atoms with Crippen molar-refractivity contribution in [2.75, 3.05) is 10.6 Å². The SMILES string of the molecule is O=C(N/N=C/c1cccc([N+](=O)[O-])c1)c1ccc(NC2CCCCC2)c(NCc2ccccc2)c1. The average molecular weight is 472 g/mol. The number of anilines is 2. The summed E-state index contributed by atoms with van der Waals surface area (Å²) < 4.78 is 0. The summed E-state index contributed by atoms with van der Waals surface area (Å²) in [6.45, 7) is 0.635. The largest absolute Gasteiger partial charge is 0.381 e. The lowest BCUT2D eigenvalue weighted by Gasteiger charge is -2.25. The maximum absolute atomic E-state index is 12.8. The number of nitrogens with zero attached hydrogens (tertiary/aromatic N) is 2. The van der Waals surface area contributed by atoms with Crippen LogP contribution in [0.15, 0.2) is 77.9 Å². The highest BCUT2D eigenvalue weighted by molar-refractivity contribution is 5.97. The molecule has 4 rings (SSSR count). The van der Waals surface area contributed by atoms with E-state index in [2.05, 4.69) is 33.3 Å². The van der Waals surface area contributed by atoms with Gasteiger partial charge in [-0.25, -0.2) is 5.43 Å². The Morgan fingerprint density at radius 3 is 2.54 bits per heavy atom. The first-order valence-corrected chi connectivity index (χ1v) is 11.8. The van der Waals surface area contributed by atoms with Crippen LogP contribution in [0.25, 0.3) is 0 Å². The number of amides is 1. The van der Waals surface area contributed by atoms with Crippen molar-refractivity contribution >= 4 is 29.2 Å². The molecule has 35 heavy (non-hydrogen) atoms. The number of nitrogens with one attached hydrogen (secondary N) is 3. The van der Waals surface area contributed by atoms with E-state index < -0.39 is 4.92 Å². The van der Waals surface area contributed by atoms with Gasteiger partial charge < -0.3 is 10.6 Å². The summed E-state index contributed by atoms with van der Waals surface area (Å²) in [5.41, 5.74) is 6.45. The summed E-state index contributed by atoms with van der Waals surface area (Å²) in [5.74, 6) is -0.362. The zero-order valence-corrected chi connectivity index (χ0v) is 19.4. The van der Waals surface area contributed by atoms with Gasteiger partial charge in [0, 0.05) is 35.8 Å². The van der Waals surface area contributed by atoms with Gasteiger partial charge in [0.05, 0.1) is 22.5 Å². The fourth-order valence-corrected chi connectivity index (χ4v) is 4.17. The molecule has 1 aliphatic carbocycles. The van der Waals surface area contributed by atoms with Crippen LogP contribution < -0.4 is 16.1 Å². The van der Waals surface area contributed by atoms with Gasteiger partial charge in [0.25, 0.3) is 11.6 Å². The van der Waals surface area contributed by atoms with Crippen molar-refractivity contribution < 1.29 is 9.72 Å². The van der Waals surface area contributed by atoms with Crippen molar-refractivity contribution in [3.05, 3.63) is 99.6 Å². The smallest absolute Gasteiger partial charge is 0.271 e. The molecule has 1 aliphatic rings. The number of hydrogen-bond acceptors (Lipinski definition) is 6. The predicted octanol–water partition coefficient (Wildman–Crippen LogP) is 5.72. The highest BCUT2D eigenvalue weighted by Gasteiger charge is 2.16. The minimum atomic E-state index is -0.469. The van der Waals surface area contributed by atoms with Crippen molar-refractivity contribution in [1.82, 2.24) is 5.43 Å². The van der Waals surface area contributed by atoms with E-state index >= 15 is 0 Å². The highest BCUT2D eigenvalue weighted by Crippen LogP contribution is 2.28. The lowest BCUT2D eigenvalue weighted by Crippen LogP contribution is -2.23. The Hall–Kier alpha value is -4.20. The molecule has 3 aromatic rings. The predicted molar refractivity (Wildman–Crippen MR) is 139 cm³/mol. The summed E-state index contributed by atoms with van der Waals surface area (Å²) in [5, 5.41) is 22.0. The number of carbonyl (C=O) groups is 1. The molecule has 8 nitrogen and oxygen atoms in total. The molecular weight excluding hydrogens is 442 g/mol. The lowest BCUT2D eigenvalue weighted by atomic mass is 9.95. The van der Waals surface area contributed by atoms with E-state index in [4.69, 9.17) is 0 Å². The topological polar surface area (TPSA) is 109 Å². The molecule has 0 bridgehead atoms. The van der Waals surface area contributed by atoms with Gasteiger partial charge >= 0.3 is 0 Å². The van der Waals surface area contributed by atoms with E-state index in [0.29, 0.717) is 23.7 Å². The molecule has 1 fully saturated rings. The molecular formula is C27H29N5O3. The third-order valence-electron chi connectivity index (χ3n) is 6.03. The van der Waals surface area contributed by atoms with Gasteiger partial charge in [-0.1, -0.05) is 61.7 Å². The highest BCUT2D eigenvalue weighted by atomic mass is 16.6. The molecule has 0 heterocycles. The van der Waals surface area contributed by atoms with Gasteiger partial charge in [0.15, 0.2) is 0 Å². The Kier molecular flexibility index (Phi) is 8.06. The normalized spacial score (nSPS) is 13.9. The molecule has 0 saturated heterocycles. The van der Waals surface area contributed by atoms with E-state index in [-0.39, 0.29) is 11.6 Å². The number of benzene rings is 3. The monoisotopic (exact) mass is 471 g/mol. The Labute approximate surface area is 204 Å². The molecule has 1 amide bonds.